The number of fused-ring (bicyclic) bond motifs is 2. The topological polar surface area (TPSA) is 91.0 Å². The van der Waals surface area contributed by atoms with Gasteiger partial charge in [0.2, 0.25) is 5.91 Å². The highest BCUT2D eigenvalue weighted by Crippen LogP contribution is 2.34. The van der Waals surface area contributed by atoms with Crippen LogP contribution in [0.5, 0.6) is 0 Å². The molecule has 2 aliphatic heterocycles. The van der Waals surface area contributed by atoms with Gasteiger partial charge >= 0.3 is 0 Å². The number of amides is 1. The van der Waals surface area contributed by atoms with Gasteiger partial charge in [0.25, 0.3) is 5.56 Å². The molecule has 2 aromatic rings. The molecule has 0 saturated carbocycles. The van der Waals surface area contributed by atoms with E-state index in [0.29, 0.717) is 17.4 Å². The van der Waals surface area contributed by atoms with Crippen molar-refractivity contribution in [2.75, 3.05) is 24.3 Å². The lowest BCUT2D eigenvalue weighted by Gasteiger charge is -2.21. The van der Waals surface area contributed by atoms with Crippen molar-refractivity contribution in [3.63, 3.8) is 0 Å². The summed E-state index contributed by atoms with van der Waals surface area (Å²) in [7, 11) is 0. The van der Waals surface area contributed by atoms with Gasteiger partial charge in [-0.15, -0.1) is 0 Å². The molecular formula is C20H25N5O3S. The molecule has 29 heavy (non-hydrogen) atoms. The van der Waals surface area contributed by atoms with Gasteiger partial charge in [0.1, 0.15) is 0 Å². The molecule has 1 atom stereocenters. The van der Waals surface area contributed by atoms with Crippen molar-refractivity contribution in [2.45, 2.75) is 56.3 Å². The third-order valence-electron chi connectivity index (χ3n) is 6.00. The predicted molar refractivity (Wildman–Crippen MR) is 109 cm³/mol. The number of carbonyl (C=O) groups is 1. The number of aromatic nitrogens is 4. The first-order chi connectivity index (χ1) is 14.2. The van der Waals surface area contributed by atoms with Gasteiger partial charge in [-0.1, -0.05) is 11.8 Å². The highest BCUT2D eigenvalue weighted by Gasteiger charge is 2.31. The minimum atomic E-state index is -0.141. The first-order valence-electron chi connectivity index (χ1n) is 10.3. The maximum atomic E-state index is 12.9. The summed E-state index contributed by atoms with van der Waals surface area (Å²) in [5.74, 6) is 1.18. The van der Waals surface area contributed by atoms with Gasteiger partial charge in [0, 0.05) is 43.7 Å². The van der Waals surface area contributed by atoms with Crippen molar-refractivity contribution < 1.29 is 9.53 Å². The third kappa shape index (κ3) is 3.85. The zero-order valence-electron chi connectivity index (χ0n) is 16.3. The first-order valence-corrected chi connectivity index (χ1v) is 11.3. The second-order valence-corrected chi connectivity index (χ2v) is 9.06. The lowest BCUT2D eigenvalue weighted by Crippen LogP contribution is -2.30. The fraction of sp³-hybridized carbons (Fsp3) is 0.600. The number of nitrogens with one attached hydrogen (secondary N) is 1. The van der Waals surface area contributed by atoms with Crippen molar-refractivity contribution in [1.29, 1.82) is 0 Å². The van der Waals surface area contributed by atoms with E-state index in [-0.39, 0.29) is 23.9 Å². The van der Waals surface area contributed by atoms with E-state index in [4.69, 9.17) is 4.74 Å². The van der Waals surface area contributed by atoms with Crippen LogP contribution >= 0.6 is 11.8 Å². The Morgan fingerprint density at radius 2 is 2.17 bits per heavy atom. The normalized spacial score (nSPS) is 21.2. The van der Waals surface area contributed by atoms with E-state index in [9.17, 15) is 9.59 Å². The Kier molecular flexibility index (Phi) is 5.17. The second kappa shape index (κ2) is 7.95. The van der Waals surface area contributed by atoms with Crippen molar-refractivity contribution in [3.05, 3.63) is 34.0 Å². The van der Waals surface area contributed by atoms with Crippen LogP contribution in [-0.2, 0) is 28.9 Å². The van der Waals surface area contributed by atoms with E-state index < -0.39 is 0 Å². The van der Waals surface area contributed by atoms with Crippen LogP contribution in [-0.4, -0.2) is 44.2 Å². The van der Waals surface area contributed by atoms with Crippen LogP contribution in [0.4, 0.5) is 5.69 Å². The Balaban J connectivity index is 1.22. The monoisotopic (exact) mass is 415 g/mol. The van der Waals surface area contributed by atoms with E-state index in [2.05, 4.69) is 15.4 Å². The van der Waals surface area contributed by atoms with E-state index in [0.717, 1.165) is 68.3 Å². The molecule has 1 amide bonds. The average Bonchev–Trinajstić information content (AvgIpc) is 3.44. The number of rotatable bonds is 5. The van der Waals surface area contributed by atoms with Crippen LogP contribution in [0.1, 0.15) is 43.0 Å². The van der Waals surface area contributed by atoms with Crippen molar-refractivity contribution in [1.82, 2.24) is 19.3 Å². The third-order valence-corrected chi connectivity index (χ3v) is 7.09. The average molecular weight is 416 g/mol. The highest BCUT2D eigenvalue weighted by molar-refractivity contribution is 7.99. The minimum Gasteiger partial charge on any atom is -0.381 e. The van der Waals surface area contributed by atoms with Crippen LogP contribution in [0.15, 0.2) is 22.3 Å². The minimum absolute atomic E-state index is 0.0505. The number of nitrogens with zero attached hydrogens (tertiary/aromatic N) is 4. The number of ether oxygens (including phenoxy) is 1. The Morgan fingerprint density at radius 3 is 3.03 bits per heavy atom. The lowest BCUT2D eigenvalue weighted by atomic mass is 10.0. The van der Waals surface area contributed by atoms with Gasteiger partial charge < -0.3 is 10.1 Å². The Morgan fingerprint density at radius 1 is 1.31 bits per heavy atom. The summed E-state index contributed by atoms with van der Waals surface area (Å²) in [5.41, 5.74) is 2.55. The van der Waals surface area contributed by atoms with Gasteiger partial charge in [-0.2, -0.15) is 5.10 Å². The largest absolute Gasteiger partial charge is 0.381 e. The summed E-state index contributed by atoms with van der Waals surface area (Å²) < 4.78 is 9.03. The Labute approximate surface area is 173 Å². The molecule has 2 aromatic heterocycles. The van der Waals surface area contributed by atoms with Crippen LogP contribution in [0.3, 0.4) is 0 Å². The maximum absolute atomic E-state index is 12.9. The molecule has 0 spiro atoms. The number of aryl methyl sites for hydroxylation is 1. The van der Waals surface area contributed by atoms with Crippen molar-refractivity contribution >= 4 is 23.4 Å². The van der Waals surface area contributed by atoms with Crippen LogP contribution in [0.25, 0.3) is 0 Å². The maximum Gasteiger partial charge on any atom is 0.257 e. The van der Waals surface area contributed by atoms with E-state index in [1.54, 1.807) is 22.5 Å². The number of hydrogen-bond donors (Lipinski definition) is 1. The second-order valence-electron chi connectivity index (χ2n) is 8.07. The summed E-state index contributed by atoms with van der Waals surface area (Å²) in [6, 6.07) is -0.141. The highest BCUT2D eigenvalue weighted by atomic mass is 32.2. The molecule has 9 heteroatoms. The summed E-state index contributed by atoms with van der Waals surface area (Å²) in [6.45, 7) is 2.47. The molecule has 154 valence electrons. The number of carbonyl (C=O) groups excluding carboxylic acids is 1. The molecule has 1 saturated heterocycles. The van der Waals surface area contributed by atoms with Gasteiger partial charge in [-0.25, -0.2) is 4.98 Å². The molecule has 1 fully saturated rings. The van der Waals surface area contributed by atoms with Crippen molar-refractivity contribution in [2.24, 2.45) is 5.92 Å². The SMILES string of the molecule is O=C(CC1CSc2nc3c(c(=O)n21)CCC3)Nc1cnn(CC2CCOCC2)c1. The zero-order chi connectivity index (χ0) is 19.8. The van der Waals surface area contributed by atoms with Crippen LogP contribution in [0, 0.1) is 5.92 Å². The number of hydrogen-bond acceptors (Lipinski definition) is 6. The molecular weight excluding hydrogens is 390 g/mol. The van der Waals surface area contributed by atoms with Crippen molar-refractivity contribution in [3.8, 4) is 0 Å². The molecule has 8 nitrogen and oxygen atoms in total. The number of thioether (sulfide) groups is 1. The Hall–Kier alpha value is -2.13. The van der Waals surface area contributed by atoms with E-state index in [1.165, 1.54) is 0 Å². The standard InChI is InChI=1S/C20H25N5O3S/c26-18(22-14-9-21-24(11-14)10-13-4-6-28-7-5-13)8-15-12-29-20-23-17-3-1-2-16(17)19(27)25(15)20/h9,11,13,15H,1-8,10,12H2,(H,22,26). The quantitative estimate of drug-likeness (QED) is 0.752. The van der Waals surface area contributed by atoms with E-state index in [1.807, 2.05) is 10.9 Å². The molecule has 0 radical (unpaired) electrons. The molecule has 1 N–H and O–H groups in total. The summed E-state index contributed by atoms with van der Waals surface area (Å²) >= 11 is 1.57. The molecule has 1 aliphatic carbocycles. The number of anilines is 1. The van der Waals surface area contributed by atoms with Gasteiger partial charge in [0.05, 0.1) is 23.6 Å². The first kappa shape index (κ1) is 18.9. The van der Waals surface area contributed by atoms with E-state index >= 15 is 0 Å². The van der Waals surface area contributed by atoms with Crippen LogP contribution in [0.2, 0.25) is 0 Å². The van der Waals surface area contributed by atoms with Crippen LogP contribution < -0.4 is 10.9 Å². The Bertz CT molecular complexity index is 979. The smallest absolute Gasteiger partial charge is 0.257 e. The molecule has 4 heterocycles. The van der Waals surface area contributed by atoms with Gasteiger partial charge in [-0.05, 0) is 38.0 Å². The van der Waals surface area contributed by atoms with Gasteiger partial charge in [0.15, 0.2) is 5.16 Å². The predicted octanol–water partition coefficient (Wildman–Crippen LogP) is 2.03. The fourth-order valence-corrected chi connectivity index (χ4v) is 5.60. The van der Waals surface area contributed by atoms with Gasteiger partial charge in [-0.3, -0.25) is 18.8 Å². The summed E-state index contributed by atoms with van der Waals surface area (Å²) in [5, 5.41) is 8.08. The molecule has 5 rings (SSSR count). The summed E-state index contributed by atoms with van der Waals surface area (Å²) in [6.07, 6.45) is 8.62. The molecule has 3 aliphatic rings. The fourth-order valence-electron chi connectivity index (χ4n) is 4.45. The lowest BCUT2D eigenvalue weighted by molar-refractivity contribution is -0.116. The summed E-state index contributed by atoms with van der Waals surface area (Å²) in [4.78, 5) is 30.1. The molecule has 0 aromatic carbocycles. The molecule has 0 bridgehead atoms. The zero-order valence-corrected chi connectivity index (χ0v) is 17.1. The molecule has 1 unspecified atom stereocenters.